The van der Waals surface area contributed by atoms with Crippen molar-refractivity contribution in [2.75, 3.05) is 5.32 Å². The molecule has 1 aromatic carbocycles. The molecule has 38 heavy (non-hydrogen) atoms. The summed E-state index contributed by atoms with van der Waals surface area (Å²) in [5.74, 6) is -4.37. The van der Waals surface area contributed by atoms with Gasteiger partial charge in [-0.25, -0.2) is 4.79 Å². The normalized spacial score (nSPS) is 23.2. The summed E-state index contributed by atoms with van der Waals surface area (Å²) >= 11 is 0. The Hall–Kier alpha value is -3.63. The van der Waals surface area contributed by atoms with Gasteiger partial charge in [-0.15, -0.1) is 0 Å². The minimum absolute atomic E-state index is 0.00452. The molecule has 2 rings (SSSR count). The van der Waals surface area contributed by atoms with Crippen LogP contribution in [0.1, 0.15) is 77.6 Å². The molecule has 1 aromatic rings. The van der Waals surface area contributed by atoms with Crippen LogP contribution in [0.2, 0.25) is 0 Å². The number of cyclic esters (lactones) is 2. The number of amides is 2. The zero-order valence-corrected chi connectivity index (χ0v) is 22.7. The van der Waals surface area contributed by atoms with E-state index in [4.69, 9.17) is 14.2 Å². The summed E-state index contributed by atoms with van der Waals surface area (Å²) in [6.07, 6.45) is -0.0597. The number of hydrogen-bond acceptors (Lipinski definition) is 9. The van der Waals surface area contributed by atoms with Crippen molar-refractivity contribution in [3.05, 3.63) is 23.8 Å². The number of esters is 3. The van der Waals surface area contributed by atoms with Crippen molar-refractivity contribution in [2.24, 2.45) is 11.8 Å². The minimum atomic E-state index is -1.44. The number of ether oxygens (including phenoxy) is 3. The van der Waals surface area contributed by atoms with Crippen LogP contribution in [0.25, 0.3) is 0 Å². The Kier molecular flexibility index (Phi) is 10.7. The fourth-order valence-electron chi connectivity index (χ4n) is 4.26. The second-order valence-corrected chi connectivity index (χ2v) is 10.3. The summed E-state index contributed by atoms with van der Waals surface area (Å²) < 4.78 is 17.1. The molecule has 0 radical (unpaired) electrons. The molecule has 1 saturated heterocycles. The first-order chi connectivity index (χ1) is 17.8. The summed E-state index contributed by atoms with van der Waals surface area (Å²) in [5.41, 5.74) is -1.66. The van der Waals surface area contributed by atoms with Crippen LogP contribution in [-0.4, -0.2) is 59.2 Å². The lowest BCUT2D eigenvalue weighted by Crippen LogP contribution is -2.53. The monoisotopic (exact) mass is 534 g/mol. The van der Waals surface area contributed by atoms with Gasteiger partial charge in [0, 0.05) is 6.42 Å². The smallest absolute Gasteiger partial charge is 0.333 e. The molecule has 1 heterocycles. The largest absolute Gasteiger partial charge is 0.505 e. The predicted molar refractivity (Wildman–Crippen MR) is 137 cm³/mol. The quantitative estimate of drug-likeness (QED) is 0.178. The number of rotatable bonds is 10. The number of carbonyl (C=O) groups is 5. The third-order valence-corrected chi connectivity index (χ3v) is 6.23. The van der Waals surface area contributed by atoms with Gasteiger partial charge in [-0.3, -0.25) is 19.2 Å². The molecule has 1 aliphatic heterocycles. The van der Waals surface area contributed by atoms with Crippen molar-refractivity contribution in [3.8, 4) is 5.75 Å². The van der Waals surface area contributed by atoms with E-state index in [1.807, 2.05) is 20.8 Å². The number of benzene rings is 1. The number of anilines is 1. The summed E-state index contributed by atoms with van der Waals surface area (Å²) in [4.78, 5) is 63.1. The Labute approximate surface area is 222 Å². The number of para-hydroxylation sites is 1. The van der Waals surface area contributed by atoms with Crippen LogP contribution < -0.4 is 10.6 Å². The molecule has 1 fully saturated rings. The molecule has 2 amide bonds. The van der Waals surface area contributed by atoms with Crippen molar-refractivity contribution >= 4 is 35.9 Å². The van der Waals surface area contributed by atoms with E-state index in [2.05, 4.69) is 10.6 Å². The first-order valence-electron chi connectivity index (χ1n) is 12.8. The van der Waals surface area contributed by atoms with Gasteiger partial charge in [0.15, 0.2) is 17.9 Å². The Bertz CT molecular complexity index is 1040. The molecular formula is C27H38N2O9. The Morgan fingerprint density at radius 2 is 1.89 bits per heavy atom. The van der Waals surface area contributed by atoms with Crippen LogP contribution in [0.3, 0.4) is 0 Å². The molecule has 4 unspecified atom stereocenters. The van der Waals surface area contributed by atoms with Gasteiger partial charge in [-0.1, -0.05) is 39.7 Å². The van der Waals surface area contributed by atoms with Gasteiger partial charge in [0.1, 0.15) is 11.7 Å². The van der Waals surface area contributed by atoms with E-state index in [0.717, 1.165) is 6.42 Å². The molecule has 4 atom stereocenters. The average molecular weight is 535 g/mol. The molecule has 3 N–H and O–H groups in total. The molecule has 0 aliphatic carbocycles. The maximum absolute atomic E-state index is 13.3. The van der Waals surface area contributed by atoms with Crippen molar-refractivity contribution in [3.63, 3.8) is 0 Å². The molecule has 210 valence electrons. The fourth-order valence-corrected chi connectivity index (χ4v) is 4.26. The van der Waals surface area contributed by atoms with E-state index in [0.29, 0.717) is 19.3 Å². The predicted octanol–water partition coefficient (Wildman–Crippen LogP) is 3.09. The zero-order chi connectivity index (χ0) is 28.6. The van der Waals surface area contributed by atoms with E-state index in [9.17, 15) is 29.1 Å². The van der Waals surface area contributed by atoms with Crippen molar-refractivity contribution in [1.82, 2.24) is 5.32 Å². The number of unbranched alkanes of at least 4 members (excludes halogenated alkanes) is 1. The highest BCUT2D eigenvalue weighted by atomic mass is 16.6. The highest BCUT2D eigenvalue weighted by Crippen LogP contribution is 2.33. The number of aromatic hydroxyl groups is 1. The first kappa shape index (κ1) is 30.6. The lowest BCUT2D eigenvalue weighted by Gasteiger charge is -2.36. The molecular weight excluding hydrogens is 496 g/mol. The van der Waals surface area contributed by atoms with Crippen molar-refractivity contribution in [1.29, 1.82) is 0 Å². The summed E-state index contributed by atoms with van der Waals surface area (Å²) in [7, 11) is 0. The highest BCUT2D eigenvalue weighted by Gasteiger charge is 2.49. The molecule has 0 bridgehead atoms. The van der Waals surface area contributed by atoms with Crippen LogP contribution >= 0.6 is 0 Å². The van der Waals surface area contributed by atoms with E-state index in [1.165, 1.54) is 25.1 Å². The lowest BCUT2D eigenvalue weighted by molar-refractivity contribution is -0.190. The topological polar surface area (TPSA) is 157 Å². The second-order valence-electron chi connectivity index (χ2n) is 10.3. The van der Waals surface area contributed by atoms with Crippen LogP contribution in [-0.2, 0) is 33.4 Å². The van der Waals surface area contributed by atoms with E-state index < -0.39 is 59.3 Å². The Morgan fingerprint density at radius 3 is 2.50 bits per heavy atom. The number of phenols is 1. The Balaban J connectivity index is 2.42. The Morgan fingerprint density at radius 1 is 1.21 bits per heavy atom. The minimum Gasteiger partial charge on any atom is -0.505 e. The average Bonchev–Trinajstić information content (AvgIpc) is 2.83. The zero-order valence-electron chi connectivity index (χ0n) is 22.7. The van der Waals surface area contributed by atoms with Gasteiger partial charge < -0.3 is 30.0 Å². The molecule has 0 saturated carbocycles. The summed E-state index contributed by atoms with van der Waals surface area (Å²) in [5, 5.41) is 15.1. The third-order valence-electron chi connectivity index (χ3n) is 6.23. The number of hydrogen-bond donors (Lipinski definition) is 3. The molecule has 0 spiro atoms. The second kappa shape index (κ2) is 13.3. The summed E-state index contributed by atoms with van der Waals surface area (Å²) in [6, 6.07) is 2.68. The standard InChI is InChI=1S/C27H38N2O9/c1-7-8-10-18-23(37-20(31)13-15(2)3)27(5,6)38-26(35)21(16(4)36-25(18)34)29-24(33)17-11-9-12-19(22(17)32)28-14-30/h9,11-12,14-16,18,21,23,32H,7-8,10,13H2,1-6H3,(H,28,30)(H,29,33). The lowest BCUT2D eigenvalue weighted by atomic mass is 9.85. The van der Waals surface area contributed by atoms with Gasteiger partial charge >= 0.3 is 17.9 Å². The van der Waals surface area contributed by atoms with Gasteiger partial charge in [-0.2, -0.15) is 0 Å². The van der Waals surface area contributed by atoms with Crippen molar-refractivity contribution in [2.45, 2.75) is 91.1 Å². The maximum Gasteiger partial charge on any atom is 0.333 e. The van der Waals surface area contributed by atoms with E-state index >= 15 is 0 Å². The van der Waals surface area contributed by atoms with E-state index in [1.54, 1.807) is 13.8 Å². The maximum atomic E-state index is 13.3. The molecule has 1 aliphatic rings. The molecule has 11 heteroatoms. The van der Waals surface area contributed by atoms with Gasteiger partial charge in [-0.05, 0) is 45.2 Å². The summed E-state index contributed by atoms with van der Waals surface area (Å²) in [6.45, 7) is 10.2. The number of phenolic OH excluding ortho intramolecular Hbond substituents is 1. The van der Waals surface area contributed by atoms with E-state index in [-0.39, 0.29) is 23.6 Å². The fraction of sp³-hybridized carbons (Fsp3) is 0.593. The molecule has 0 aromatic heterocycles. The molecule has 11 nitrogen and oxygen atoms in total. The van der Waals surface area contributed by atoms with Crippen LogP contribution in [0.15, 0.2) is 18.2 Å². The van der Waals surface area contributed by atoms with Crippen molar-refractivity contribution < 1.29 is 43.3 Å². The highest BCUT2D eigenvalue weighted by molar-refractivity contribution is 6.01. The van der Waals surface area contributed by atoms with Crippen LogP contribution in [0.4, 0.5) is 5.69 Å². The number of carbonyl (C=O) groups excluding carboxylic acids is 5. The van der Waals surface area contributed by atoms with Gasteiger partial charge in [0.05, 0.1) is 17.2 Å². The SMILES string of the molecule is CCCCC1C(=O)OC(C)C(NC(=O)c2cccc(NC=O)c2O)C(=O)OC(C)(C)C1OC(=O)CC(C)C. The third kappa shape index (κ3) is 7.69. The van der Waals surface area contributed by atoms with Crippen LogP contribution in [0.5, 0.6) is 5.75 Å². The van der Waals surface area contributed by atoms with Gasteiger partial charge in [0.25, 0.3) is 5.91 Å². The number of nitrogens with one attached hydrogen (secondary N) is 2. The first-order valence-corrected chi connectivity index (χ1v) is 12.8. The van der Waals surface area contributed by atoms with Crippen LogP contribution in [0, 0.1) is 11.8 Å². The van der Waals surface area contributed by atoms with Gasteiger partial charge in [0.2, 0.25) is 6.41 Å².